The van der Waals surface area contributed by atoms with E-state index in [1.807, 2.05) is 6.07 Å². The van der Waals surface area contributed by atoms with Gasteiger partial charge in [-0.05, 0) is 29.3 Å². The summed E-state index contributed by atoms with van der Waals surface area (Å²) in [7, 11) is 0. The number of hydrogen-bond acceptors (Lipinski definition) is 3. The molecule has 100 valence electrons. The van der Waals surface area contributed by atoms with E-state index in [9.17, 15) is 8.78 Å². The third-order valence-electron chi connectivity index (χ3n) is 2.60. The van der Waals surface area contributed by atoms with E-state index < -0.39 is 24.0 Å². The second kappa shape index (κ2) is 6.24. The predicted molar refractivity (Wildman–Crippen MR) is 65.7 cm³/mol. The van der Waals surface area contributed by atoms with Crippen LogP contribution in [-0.4, -0.2) is 16.7 Å². The van der Waals surface area contributed by atoms with Crippen LogP contribution in [0, 0.1) is 11.6 Å². The van der Waals surface area contributed by atoms with E-state index >= 15 is 0 Å². The lowest BCUT2D eigenvalue weighted by molar-refractivity contribution is 0.273. The monoisotopic (exact) mass is 265 g/mol. The van der Waals surface area contributed by atoms with Crippen molar-refractivity contribution >= 4 is 0 Å². The first-order chi connectivity index (χ1) is 9.20. The smallest absolute Gasteiger partial charge is 0.190 e. The van der Waals surface area contributed by atoms with E-state index in [1.165, 1.54) is 0 Å². The minimum Gasteiger partial charge on any atom is -0.487 e. The Balaban J connectivity index is 2.00. The largest absolute Gasteiger partial charge is 0.487 e. The van der Waals surface area contributed by atoms with Crippen molar-refractivity contribution in [3.05, 3.63) is 59.4 Å². The first kappa shape index (κ1) is 13.4. The fraction of sp³-hybridized carbons (Fsp3) is 0.214. The van der Waals surface area contributed by atoms with Crippen LogP contribution in [0.25, 0.3) is 0 Å². The molecule has 0 saturated heterocycles. The molecule has 1 N–H and O–H groups in total. The summed E-state index contributed by atoms with van der Waals surface area (Å²) in [5.74, 6) is -2.04. The van der Waals surface area contributed by atoms with Gasteiger partial charge in [0.1, 0.15) is 0 Å². The lowest BCUT2D eigenvalue weighted by atomic mass is 10.2. The number of hydrogen-bond donors (Lipinski definition) is 1. The number of benzene rings is 1. The van der Waals surface area contributed by atoms with Crippen LogP contribution in [0.15, 0.2) is 36.7 Å². The van der Waals surface area contributed by atoms with Crippen molar-refractivity contribution in [1.82, 2.24) is 4.98 Å². The second-order valence-electron chi connectivity index (χ2n) is 4.01. The molecule has 0 unspecified atom stereocenters. The molecule has 0 radical (unpaired) electrons. The molecule has 0 amide bonds. The zero-order chi connectivity index (χ0) is 13.7. The fourth-order valence-corrected chi connectivity index (χ4v) is 1.66. The van der Waals surface area contributed by atoms with Crippen LogP contribution in [-0.2, 0) is 13.0 Å². The van der Waals surface area contributed by atoms with Gasteiger partial charge in [0, 0.05) is 18.8 Å². The summed E-state index contributed by atoms with van der Waals surface area (Å²) in [5, 5.41) is 8.82. The van der Waals surface area contributed by atoms with E-state index in [4.69, 9.17) is 9.84 Å². The molecule has 0 aliphatic rings. The summed E-state index contributed by atoms with van der Waals surface area (Å²) in [6, 6.07) is 5.76. The Morgan fingerprint density at radius 3 is 2.47 bits per heavy atom. The van der Waals surface area contributed by atoms with Crippen LogP contribution in [0.3, 0.4) is 0 Å². The molecule has 0 spiro atoms. The minimum absolute atomic E-state index is 0.151. The average molecular weight is 265 g/mol. The molecule has 2 rings (SSSR count). The molecule has 1 heterocycles. The molecule has 19 heavy (non-hydrogen) atoms. The number of nitrogens with zero attached hydrogens (tertiary/aromatic N) is 1. The Morgan fingerprint density at radius 1 is 1.16 bits per heavy atom. The molecule has 0 bridgehead atoms. The summed E-state index contributed by atoms with van der Waals surface area (Å²) in [4.78, 5) is 3.94. The van der Waals surface area contributed by atoms with Crippen molar-refractivity contribution in [2.45, 2.75) is 13.0 Å². The highest BCUT2D eigenvalue weighted by molar-refractivity contribution is 5.31. The van der Waals surface area contributed by atoms with E-state index in [0.29, 0.717) is 6.42 Å². The number of ether oxygens (including phenoxy) is 1. The highest BCUT2D eigenvalue weighted by Crippen LogP contribution is 2.23. The summed E-state index contributed by atoms with van der Waals surface area (Å²) < 4.78 is 32.2. The molecule has 0 aliphatic carbocycles. The van der Waals surface area contributed by atoms with Gasteiger partial charge in [-0.1, -0.05) is 6.07 Å². The van der Waals surface area contributed by atoms with Crippen molar-refractivity contribution < 1.29 is 18.6 Å². The SMILES string of the molecule is OCc1cc(F)c(OCCc2cccnc2)c(F)c1. The van der Waals surface area contributed by atoms with Crippen LogP contribution in [0.4, 0.5) is 8.78 Å². The van der Waals surface area contributed by atoms with Crippen LogP contribution < -0.4 is 4.74 Å². The number of aliphatic hydroxyl groups is 1. The van der Waals surface area contributed by atoms with Gasteiger partial charge in [-0.15, -0.1) is 0 Å². The van der Waals surface area contributed by atoms with E-state index in [-0.39, 0.29) is 12.2 Å². The zero-order valence-electron chi connectivity index (χ0n) is 10.1. The summed E-state index contributed by atoms with van der Waals surface area (Å²) >= 11 is 0. The highest BCUT2D eigenvalue weighted by Gasteiger charge is 2.12. The summed E-state index contributed by atoms with van der Waals surface area (Å²) in [6.45, 7) is -0.262. The number of rotatable bonds is 5. The molecule has 0 fully saturated rings. The number of aliphatic hydroxyl groups excluding tert-OH is 1. The van der Waals surface area contributed by atoms with E-state index in [1.54, 1.807) is 18.5 Å². The molecule has 0 aliphatic heterocycles. The van der Waals surface area contributed by atoms with Crippen molar-refractivity contribution in [3.8, 4) is 5.75 Å². The maximum absolute atomic E-state index is 13.5. The lowest BCUT2D eigenvalue weighted by Gasteiger charge is -2.09. The first-order valence-electron chi connectivity index (χ1n) is 5.81. The van der Waals surface area contributed by atoms with Crippen molar-refractivity contribution in [1.29, 1.82) is 0 Å². The molecular formula is C14H13F2NO2. The van der Waals surface area contributed by atoms with Gasteiger partial charge >= 0.3 is 0 Å². The Bertz CT molecular complexity index is 523. The summed E-state index contributed by atoms with van der Waals surface area (Å²) in [5.41, 5.74) is 1.10. The topological polar surface area (TPSA) is 42.4 Å². The molecule has 3 nitrogen and oxygen atoms in total. The summed E-state index contributed by atoms with van der Waals surface area (Å²) in [6.07, 6.45) is 3.83. The zero-order valence-corrected chi connectivity index (χ0v) is 10.1. The van der Waals surface area contributed by atoms with Crippen LogP contribution >= 0.6 is 0 Å². The van der Waals surface area contributed by atoms with Gasteiger partial charge in [0.05, 0.1) is 13.2 Å². The minimum atomic E-state index is -0.810. The van der Waals surface area contributed by atoms with Crippen molar-refractivity contribution in [2.75, 3.05) is 6.61 Å². The average Bonchev–Trinajstić information content (AvgIpc) is 2.42. The number of halogens is 2. The van der Waals surface area contributed by atoms with Crippen LogP contribution in [0.5, 0.6) is 5.75 Å². The normalized spacial score (nSPS) is 10.5. The van der Waals surface area contributed by atoms with Gasteiger partial charge in [0.2, 0.25) is 0 Å². The standard InChI is InChI=1S/C14H13F2NO2/c15-12-6-11(9-18)7-13(16)14(12)19-5-3-10-2-1-4-17-8-10/h1-2,4,6-8,18H,3,5,9H2. The highest BCUT2D eigenvalue weighted by atomic mass is 19.1. The Hall–Kier alpha value is -2.01. The predicted octanol–water partition coefficient (Wildman–Crippen LogP) is 2.47. The quantitative estimate of drug-likeness (QED) is 0.903. The van der Waals surface area contributed by atoms with Gasteiger partial charge < -0.3 is 9.84 Å². The maximum atomic E-state index is 13.5. The molecule has 5 heteroatoms. The second-order valence-corrected chi connectivity index (χ2v) is 4.01. The van der Waals surface area contributed by atoms with Crippen LogP contribution in [0.2, 0.25) is 0 Å². The van der Waals surface area contributed by atoms with Gasteiger partial charge in [0.25, 0.3) is 0 Å². The van der Waals surface area contributed by atoms with Gasteiger partial charge in [0.15, 0.2) is 17.4 Å². The lowest BCUT2D eigenvalue weighted by Crippen LogP contribution is -2.05. The number of pyridine rings is 1. The van der Waals surface area contributed by atoms with Crippen molar-refractivity contribution in [2.24, 2.45) is 0 Å². The third kappa shape index (κ3) is 3.48. The molecule has 2 aromatic rings. The van der Waals surface area contributed by atoms with Gasteiger partial charge in [-0.2, -0.15) is 0 Å². The fourth-order valence-electron chi connectivity index (χ4n) is 1.66. The maximum Gasteiger partial charge on any atom is 0.190 e. The van der Waals surface area contributed by atoms with Crippen LogP contribution in [0.1, 0.15) is 11.1 Å². The Labute approximate surface area is 109 Å². The first-order valence-corrected chi connectivity index (χ1v) is 5.81. The molecule has 0 saturated carbocycles. The number of aromatic nitrogens is 1. The molecule has 0 atom stereocenters. The Morgan fingerprint density at radius 2 is 1.89 bits per heavy atom. The van der Waals surface area contributed by atoms with E-state index in [0.717, 1.165) is 17.7 Å². The van der Waals surface area contributed by atoms with Gasteiger partial charge in [-0.25, -0.2) is 8.78 Å². The third-order valence-corrected chi connectivity index (χ3v) is 2.60. The Kier molecular flexibility index (Phi) is 4.41. The van der Waals surface area contributed by atoms with Gasteiger partial charge in [-0.3, -0.25) is 4.98 Å². The molecular weight excluding hydrogens is 252 g/mol. The molecule has 1 aromatic carbocycles. The van der Waals surface area contributed by atoms with E-state index in [2.05, 4.69) is 4.98 Å². The molecule has 1 aromatic heterocycles. The van der Waals surface area contributed by atoms with Crippen molar-refractivity contribution in [3.63, 3.8) is 0 Å².